The van der Waals surface area contributed by atoms with Gasteiger partial charge in [0.05, 0.1) is 18.1 Å². The lowest BCUT2D eigenvalue weighted by Gasteiger charge is -2.14. The number of carbonyl (C=O) groups is 1. The molecular formula is C13H16N2O2. The summed E-state index contributed by atoms with van der Waals surface area (Å²) in [7, 11) is 1.41. The Bertz CT molecular complexity index is 545. The van der Waals surface area contributed by atoms with Gasteiger partial charge in [0.15, 0.2) is 0 Å². The molecule has 0 aliphatic heterocycles. The predicted molar refractivity (Wildman–Crippen MR) is 65.8 cm³/mol. The third-order valence-electron chi connectivity index (χ3n) is 2.91. The molecule has 0 spiro atoms. The van der Waals surface area contributed by atoms with E-state index in [0.717, 1.165) is 23.3 Å². The van der Waals surface area contributed by atoms with E-state index >= 15 is 0 Å². The first-order valence-electron chi connectivity index (χ1n) is 5.72. The van der Waals surface area contributed by atoms with E-state index in [1.54, 1.807) is 0 Å². The van der Waals surface area contributed by atoms with Crippen molar-refractivity contribution < 1.29 is 9.53 Å². The second-order valence-corrected chi connectivity index (χ2v) is 3.94. The fourth-order valence-electron chi connectivity index (χ4n) is 2.05. The molecule has 17 heavy (non-hydrogen) atoms. The van der Waals surface area contributed by atoms with Crippen molar-refractivity contribution in [1.82, 2.24) is 9.55 Å². The van der Waals surface area contributed by atoms with Crippen LogP contribution >= 0.6 is 0 Å². The highest BCUT2D eigenvalue weighted by atomic mass is 16.5. The van der Waals surface area contributed by atoms with E-state index in [1.807, 2.05) is 42.7 Å². The number of aryl methyl sites for hydroxylation is 1. The van der Waals surface area contributed by atoms with Crippen LogP contribution in [0.5, 0.6) is 0 Å². The molecule has 0 aliphatic carbocycles. The monoisotopic (exact) mass is 232 g/mol. The zero-order chi connectivity index (χ0) is 12.4. The van der Waals surface area contributed by atoms with E-state index in [-0.39, 0.29) is 12.0 Å². The number of carbonyl (C=O) groups excluding carboxylic acids is 1. The number of methoxy groups -OCH3 is 1. The van der Waals surface area contributed by atoms with Gasteiger partial charge in [-0.3, -0.25) is 0 Å². The van der Waals surface area contributed by atoms with Gasteiger partial charge in [0.1, 0.15) is 11.9 Å². The van der Waals surface area contributed by atoms with Gasteiger partial charge in [-0.05, 0) is 19.1 Å². The minimum atomic E-state index is -0.345. The van der Waals surface area contributed by atoms with E-state index in [2.05, 4.69) is 4.98 Å². The van der Waals surface area contributed by atoms with Crippen LogP contribution in [0, 0.1) is 0 Å². The highest BCUT2D eigenvalue weighted by Crippen LogP contribution is 2.22. The number of esters is 1. The number of imidazole rings is 1. The van der Waals surface area contributed by atoms with E-state index in [9.17, 15) is 4.79 Å². The van der Waals surface area contributed by atoms with Crippen LogP contribution < -0.4 is 0 Å². The number of nitrogens with zero attached hydrogens (tertiary/aromatic N) is 2. The topological polar surface area (TPSA) is 44.1 Å². The van der Waals surface area contributed by atoms with Crippen molar-refractivity contribution in [3.05, 3.63) is 30.1 Å². The van der Waals surface area contributed by atoms with E-state index in [1.165, 1.54) is 7.11 Å². The first kappa shape index (κ1) is 11.6. The highest BCUT2D eigenvalue weighted by Gasteiger charge is 2.20. The molecule has 0 bridgehead atoms. The Hall–Kier alpha value is -1.84. The molecule has 0 saturated heterocycles. The largest absolute Gasteiger partial charge is 0.467 e. The summed E-state index contributed by atoms with van der Waals surface area (Å²) in [6, 6.07) is 7.48. The zero-order valence-electron chi connectivity index (χ0n) is 10.3. The summed E-state index contributed by atoms with van der Waals surface area (Å²) in [5, 5.41) is 0. The molecule has 1 atom stereocenters. The smallest absolute Gasteiger partial charge is 0.328 e. The average molecular weight is 232 g/mol. The van der Waals surface area contributed by atoms with Crippen LogP contribution in [0.3, 0.4) is 0 Å². The summed E-state index contributed by atoms with van der Waals surface area (Å²) in [6.07, 6.45) is 0.788. The molecule has 0 aliphatic rings. The van der Waals surface area contributed by atoms with Crippen molar-refractivity contribution in [2.24, 2.45) is 0 Å². The van der Waals surface area contributed by atoms with Crippen molar-refractivity contribution >= 4 is 17.0 Å². The summed E-state index contributed by atoms with van der Waals surface area (Å²) < 4.78 is 6.74. The van der Waals surface area contributed by atoms with Crippen molar-refractivity contribution in [3.63, 3.8) is 0 Å². The number of fused-ring (bicyclic) bond motifs is 1. The first-order valence-corrected chi connectivity index (χ1v) is 5.72. The fraction of sp³-hybridized carbons (Fsp3) is 0.385. The van der Waals surface area contributed by atoms with E-state index in [0.29, 0.717) is 0 Å². The molecule has 0 unspecified atom stereocenters. The molecule has 1 heterocycles. The minimum Gasteiger partial charge on any atom is -0.467 e. The van der Waals surface area contributed by atoms with Gasteiger partial charge in [-0.25, -0.2) is 9.78 Å². The molecule has 0 N–H and O–H groups in total. The molecule has 1 aromatic heterocycles. The number of hydrogen-bond donors (Lipinski definition) is 0. The number of hydrogen-bond acceptors (Lipinski definition) is 3. The van der Waals surface area contributed by atoms with Gasteiger partial charge in [-0.15, -0.1) is 0 Å². The summed E-state index contributed by atoms with van der Waals surface area (Å²) in [4.78, 5) is 16.2. The predicted octanol–water partition coefficient (Wildman–Crippen LogP) is 2.33. The molecule has 0 fully saturated rings. The van der Waals surface area contributed by atoms with E-state index < -0.39 is 0 Å². The maximum atomic E-state index is 11.7. The summed E-state index contributed by atoms with van der Waals surface area (Å²) in [6.45, 7) is 3.86. The lowest BCUT2D eigenvalue weighted by atomic mass is 10.2. The minimum absolute atomic E-state index is 0.247. The average Bonchev–Trinajstić information content (AvgIpc) is 2.75. The highest BCUT2D eigenvalue weighted by molar-refractivity contribution is 5.81. The summed E-state index contributed by atoms with van der Waals surface area (Å²) >= 11 is 0. The fourth-order valence-corrected chi connectivity index (χ4v) is 2.05. The Morgan fingerprint density at radius 2 is 2.18 bits per heavy atom. The maximum Gasteiger partial charge on any atom is 0.328 e. The van der Waals surface area contributed by atoms with Gasteiger partial charge in [-0.2, -0.15) is 0 Å². The van der Waals surface area contributed by atoms with E-state index in [4.69, 9.17) is 4.74 Å². The molecule has 90 valence electrons. The van der Waals surface area contributed by atoms with Crippen LogP contribution in [-0.2, 0) is 16.0 Å². The molecule has 0 amide bonds. The number of aromatic nitrogens is 2. The second kappa shape index (κ2) is 4.57. The van der Waals surface area contributed by atoms with Gasteiger partial charge in [0.25, 0.3) is 0 Å². The summed E-state index contributed by atoms with van der Waals surface area (Å²) in [5.41, 5.74) is 1.89. The number of para-hydroxylation sites is 2. The normalized spacial score (nSPS) is 12.6. The van der Waals surface area contributed by atoms with Gasteiger partial charge in [0.2, 0.25) is 0 Å². The van der Waals surface area contributed by atoms with Crippen LogP contribution in [-0.4, -0.2) is 22.6 Å². The van der Waals surface area contributed by atoms with Crippen LogP contribution in [0.25, 0.3) is 11.0 Å². The Balaban J connectivity index is 2.61. The summed E-state index contributed by atoms with van der Waals surface area (Å²) in [5.74, 6) is 0.659. The van der Waals surface area contributed by atoms with Gasteiger partial charge < -0.3 is 9.30 Å². The van der Waals surface area contributed by atoms with Gasteiger partial charge >= 0.3 is 5.97 Å². The number of ether oxygens (including phenoxy) is 1. The van der Waals surface area contributed by atoms with Crippen molar-refractivity contribution in [1.29, 1.82) is 0 Å². The molecule has 0 radical (unpaired) electrons. The van der Waals surface area contributed by atoms with Crippen LogP contribution in [0.4, 0.5) is 0 Å². The standard InChI is InChI=1S/C13H16N2O2/c1-4-12-14-10-7-5-6-8-11(10)15(12)9(2)13(16)17-3/h5-9H,4H2,1-3H3/t9-/m0/s1. The number of benzene rings is 1. The SMILES string of the molecule is CCc1nc2ccccc2n1[C@@H](C)C(=O)OC. The quantitative estimate of drug-likeness (QED) is 0.763. The molecule has 0 saturated carbocycles. The van der Waals surface area contributed by atoms with Crippen LogP contribution in [0.2, 0.25) is 0 Å². The zero-order valence-corrected chi connectivity index (χ0v) is 10.3. The third kappa shape index (κ3) is 1.90. The lowest BCUT2D eigenvalue weighted by Crippen LogP contribution is -2.19. The Kier molecular flexibility index (Phi) is 3.13. The number of rotatable bonds is 3. The first-order chi connectivity index (χ1) is 8.19. The molecule has 2 rings (SSSR count). The molecule has 2 aromatic rings. The Morgan fingerprint density at radius 3 is 2.82 bits per heavy atom. The maximum absolute atomic E-state index is 11.7. The van der Waals surface area contributed by atoms with Crippen molar-refractivity contribution in [3.8, 4) is 0 Å². The molecule has 4 heteroatoms. The van der Waals surface area contributed by atoms with Crippen LogP contribution in [0.15, 0.2) is 24.3 Å². The molecular weight excluding hydrogens is 216 g/mol. The molecule has 1 aromatic carbocycles. The molecule has 4 nitrogen and oxygen atoms in total. The van der Waals surface area contributed by atoms with Crippen molar-refractivity contribution in [2.45, 2.75) is 26.3 Å². The Labute approximate surface area is 100 Å². The Morgan fingerprint density at radius 1 is 1.47 bits per heavy atom. The van der Waals surface area contributed by atoms with Gasteiger partial charge in [-0.1, -0.05) is 19.1 Å². The van der Waals surface area contributed by atoms with Gasteiger partial charge in [0, 0.05) is 6.42 Å². The lowest BCUT2D eigenvalue weighted by molar-refractivity contribution is -0.143. The third-order valence-corrected chi connectivity index (χ3v) is 2.91. The van der Waals surface area contributed by atoms with Crippen LogP contribution in [0.1, 0.15) is 25.7 Å². The van der Waals surface area contributed by atoms with Crippen molar-refractivity contribution in [2.75, 3.05) is 7.11 Å². The second-order valence-electron chi connectivity index (χ2n) is 3.94.